The molecule has 4 rings (SSSR count). The number of fused-ring (bicyclic) bond motifs is 3. The van der Waals surface area contributed by atoms with Gasteiger partial charge in [-0.2, -0.15) is 0 Å². The quantitative estimate of drug-likeness (QED) is 0.684. The van der Waals surface area contributed by atoms with Crippen LogP contribution in [0, 0.1) is 0 Å². The van der Waals surface area contributed by atoms with Gasteiger partial charge in [-0.3, -0.25) is 0 Å². The number of aromatic nitrogens is 1. The van der Waals surface area contributed by atoms with Crippen molar-refractivity contribution in [2.45, 2.75) is 12.5 Å². The first kappa shape index (κ1) is 9.97. The van der Waals surface area contributed by atoms with Crippen LogP contribution in [0.5, 0.6) is 0 Å². The van der Waals surface area contributed by atoms with Gasteiger partial charge in [-0.25, -0.2) is 0 Å². The van der Waals surface area contributed by atoms with Crippen LogP contribution in [-0.4, -0.2) is 11.5 Å². The first-order chi connectivity index (χ1) is 8.93. The Morgan fingerprint density at radius 3 is 2.94 bits per heavy atom. The largest absolute Gasteiger partial charge is 0.467 e. The number of hydrogen-bond acceptors (Lipinski definition) is 2. The van der Waals surface area contributed by atoms with Crippen molar-refractivity contribution in [2.75, 3.05) is 6.54 Å². The van der Waals surface area contributed by atoms with E-state index >= 15 is 0 Å². The number of nitrogens with one attached hydrogen (secondary N) is 2. The molecule has 0 amide bonds. The molecule has 0 saturated heterocycles. The summed E-state index contributed by atoms with van der Waals surface area (Å²) in [7, 11) is 0. The summed E-state index contributed by atoms with van der Waals surface area (Å²) in [5.41, 5.74) is 3.88. The van der Waals surface area contributed by atoms with Gasteiger partial charge in [0.1, 0.15) is 11.8 Å². The van der Waals surface area contributed by atoms with Crippen LogP contribution < -0.4 is 5.32 Å². The molecule has 0 aliphatic carbocycles. The Kier molecular flexibility index (Phi) is 2.08. The molecule has 0 spiro atoms. The second-order valence-electron chi connectivity index (χ2n) is 4.72. The first-order valence-electron chi connectivity index (χ1n) is 6.30. The number of benzene rings is 1. The van der Waals surface area contributed by atoms with E-state index in [1.807, 2.05) is 12.1 Å². The number of hydrogen-bond donors (Lipinski definition) is 2. The normalized spacial score (nSPS) is 19.0. The Hall–Kier alpha value is -2.00. The van der Waals surface area contributed by atoms with Crippen LogP contribution in [0.2, 0.25) is 0 Å². The van der Waals surface area contributed by atoms with Crippen molar-refractivity contribution < 1.29 is 4.42 Å². The third kappa shape index (κ3) is 1.34. The summed E-state index contributed by atoms with van der Waals surface area (Å²) < 4.78 is 5.54. The summed E-state index contributed by atoms with van der Waals surface area (Å²) in [6.07, 6.45) is 2.80. The molecule has 1 aliphatic heterocycles. The van der Waals surface area contributed by atoms with Crippen LogP contribution in [0.4, 0.5) is 0 Å². The molecule has 3 heterocycles. The third-order valence-corrected chi connectivity index (χ3v) is 3.69. The number of H-pyrrole nitrogens is 1. The zero-order valence-electron chi connectivity index (χ0n) is 9.94. The molecule has 18 heavy (non-hydrogen) atoms. The van der Waals surface area contributed by atoms with Crippen molar-refractivity contribution in [2.24, 2.45) is 0 Å². The van der Waals surface area contributed by atoms with Crippen molar-refractivity contribution >= 4 is 10.9 Å². The van der Waals surface area contributed by atoms with Crippen molar-refractivity contribution in [1.82, 2.24) is 10.3 Å². The van der Waals surface area contributed by atoms with E-state index in [0.717, 1.165) is 18.7 Å². The Morgan fingerprint density at radius 2 is 2.06 bits per heavy atom. The molecule has 0 saturated carbocycles. The van der Waals surface area contributed by atoms with Crippen LogP contribution in [0.1, 0.15) is 23.1 Å². The molecule has 90 valence electrons. The van der Waals surface area contributed by atoms with Gasteiger partial charge in [0.05, 0.1) is 6.26 Å². The Labute approximate surface area is 105 Å². The lowest BCUT2D eigenvalue weighted by Gasteiger charge is -2.22. The summed E-state index contributed by atoms with van der Waals surface area (Å²) in [6.45, 7) is 0.986. The van der Waals surface area contributed by atoms with Gasteiger partial charge >= 0.3 is 0 Å². The Morgan fingerprint density at radius 1 is 1.11 bits per heavy atom. The van der Waals surface area contributed by atoms with E-state index in [1.54, 1.807) is 6.26 Å². The summed E-state index contributed by atoms with van der Waals surface area (Å²) >= 11 is 0. The summed E-state index contributed by atoms with van der Waals surface area (Å²) in [6, 6.07) is 12.6. The fourth-order valence-electron chi connectivity index (χ4n) is 2.88. The molecule has 0 bridgehead atoms. The van der Waals surface area contributed by atoms with E-state index in [0.29, 0.717) is 0 Å². The number of rotatable bonds is 1. The number of para-hydroxylation sites is 1. The van der Waals surface area contributed by atoms with Gasteiger partial charge in [-0.05, 0) is 30.2 Å². The van der Waals surface area contributed by atoms with Crippen molar-refractivity contribution in [1.29, 1.82) is 0 Å². The van der Waals surface area contributed by atoms with Crippen molar-refractivity contribution in [3.8, 4) is 0 Å². The van der Waals surface area contributed by atoms with E-state index in [4.69, 9.17) is 4.42 Å². The average Bonchev–Trinajstić information content (AvgIpc) is 3.05. The highest BCUT2D eigenvalue weighted by molar-refractivity contribution is 5.85. The lowest BCUT2D eigenvalue weighted by molar-refractivity contribution is 0.432. The topological polar surface area (TPSA) is 41.0 Å². The van der Waals surface area contributed by atoms with Crippen LogP contribution in [0.25, 0.3) is 10.9 Å². The van der Waals surface area contributed by atoms with E-state index < -0.39 is 0 Å². The molecule has 1 aliphatic rings. The van der Waals surface area contributed by atoms with Gasteiger partial charge in [0.25, 0.3) is 0 Å². The molecule has 1 atom stereocenters. The summed E-state index contributed by atoms with van der Waals surface area (Å²) in [5.74, 6) is 0.975. The highest BCUT2D eigenvalue weighted by Crippen LogP contribution is 2.33. The maximum absolute atomic E-state index is 5.54. The summed E-state index contributed by atoms with van der Waals surface area (Å²) in [5, 5.41) is 4.85. The zero-order valence-corrected chi connectivity index (χ0v) is 9.94. The molecule has 0 fully saturated rings. The molecule has 2 aromatic heterocycles. The highest BCUT2D eigenvalue weighted by atomic mass is 16.3. The van der Waals surface area contributed by atoms with Gasteiger partial charge in [-0.1, -0.05) is 18.2 Å². The maximum Gasteiger partial charge on any atom is 0.126 e. The number of aromatic amines is 1. The van der Waals surface area contributed by atoms with Gasteiger partial charge in [-0.15, -0.1) is 0 Å². The molecule has 3 nitrogen and oxygen atoms in total. The molecule has 2 N–H and O–H groups in total. The molecular formula is C15H14N2O. The monoisotopic (exact) mass is 238 g/mol. The minimum absolute atomic E-state index is 0.149. The first-order valence-corrected chi connectivity index (χ1v) is 6.30. The van der Waals surface area contributed by atoms with Gasteiger partial charge in [0, 0.05) is 23.1 Å². The van der Waals surface area contributed by atoms with Crippen LogP contribution in [0.3, 0.4) is 0 Å². The molecule has 1 aromatic carbocycles. The fraction of sp³-hybridized carbons (Fsp3) is 0.200. The Bertz CT molecular complexity index is 682. The molecule has 1 unspecified atom stereocenters. The van der Waals surface area contributed by atoms with Crippen molar-refractivity contribution in [3.63, 3.8) is 0 Å². The van der Waals surface area contributed by atoms with Crippen molar-refractivity contribution in [3.05, 3.63) is 59.7 Å². The fourth-order valence-corrected chi connectivity index (χ4v) is 2.88. The van der Waals surface area contributed by atoms with Crippen LogP contribution >= 0.6 is 0 Å². The van der Waals surface area contributed by atoms with E-state index in [9.17, 15) is 0 Å². The molecule has 3 heteroatoms. The molecular weight excluding hydrogens is 224 g/mol. The second kappa shape index (κ2) is 3.75. The zero-order chi connectivity index (χ0) is 11.9. The van der Waals surface area contributed by atoms with Crippen LogP contribution in [0.15, 0.2) is 47.1 Å². The lowest BCUT2D eigenvalue weighted by Crippen LogP contribution is -2.30. The van der Waals surface area contributed by atoms with Gasteiger partial charge < -0.3 is 14.7 Å². The van der Waals surface area contributed by atoms with Crippen LogP contribution in [-0.2, 0) is 6.42 Å². The smallest absolute Gasteiger partial charge is 0.126 e. The molecule has 3 aromatic rings. The van der Waals surface area contributed by atoms with E-state index in [1.165, 1.54) is 22.2 Å². The minimum Gasteiger partial charge on any atom is -0.467 e. The molecule has 0 radical (unpaired) electrons. The number of furan rings is 1. The highest BCUT2D eigenvalue weighted by Gasteiger charge is 2.26. The maximum atomic E-state index is 5.54. The Balaban J connectivity index is 1.94. The predicted molar refractivity (Wildman–Crippen MR) is 70.6 cm³/mol. The van der Waals surface area contributed by atoms with Gasteiger partial charge in [0.2, 0.25) is 0 Å². The second-order valence-corrected chi connectivity index (χ2v) is 4.72. The van der Waals surface area contributed by atoms with Gasteiger partial charge in [0.15, 0.2) is 0 Å². The van der Waals surface area contributed by atoms with E-state index in [2.05, 4.69) is 34.6 Å². The van der Waals surface area contributed by atoms with E-state index in [-0.39, 0.29) is 6.04 Å². The SMILES string of the molecule is c1coc(C2NCCc3c2[nH]c2ccccc32)c1. The predicted octanol–water partition coefficient (Wildman–Crippen LogP) is 3.00. The average molecular weight is 238 g/mol. The summed E-state index contributed by atoms with van der Waals surface area (Å²) in [4.78, 5) is 3.53. The standard InChI is InChI=1S/C15H14N2O/c1-2-5-12-10(4-1)11-7-8-16-15(14(11)17-12)13-6-3-9-18-13/h1-6,9,15-17H,7-8H2. The lowest BCUT2D eigenvalue weighted by atomic mass is 9.98. The minimum atomic E-state index is 0.149. The third-order valence-electron chi connectivity index (χ3n) is 3.69.